The number of hydrogen-bond acceptors (Lipinski definition) is 5. The molecule has 6 heteroatoms. The number of nitrogens with zero attached hydrogens (tertiary/aromatic N) is 4. The second-order valence-electron chi connectivity index (χ2n) is 5.31. The molecule has 0 saturated carbocycles. The van der Waals surface area contributed by atoms with Crippen molar-refractivity contribution in [3.8, 4) is 0 Å². The summed E-state index contributed by atoms with van der Waals surface area (Å²) in [6.45, 7) is 3.05. The monoisotopic (exact) mass is 288 g/mol. The van der Waals surface area contributed by atoms with E-state index in [1.807, 2.05) is 24.6 Å². The fourth-order valence-corrected chi connectivity index (χ4v) is 2.93. The summed E-state index contributed by atoms with van der Waals surface area (Å²) in [7, 11) is 1.96. The summed E-state index contributed by atoms with van der Waals surface area (Å²) in [5, 5.41) is 0. The Labute approximate surface area is 123 Å². The smallest absolute Gasteiger partial charge is 0.328 e. The molecule has 112 valence electrons. The third kappa shape index (κ3) is 2.46. The van der Waals surface area contributed by atoms with E-state index in [0.29, 0.717) is 6.61 Å². The third-order valence-electron chi connectivity index (χ3n) is 3.96. The summed E-state index contributed by atoms with van der Waals surface area (Å²) in [5.74, 6) is 0.623. The van der Waals surface area contributed by atoms with Crippen molar-refractivity contribution in [2.75, 3.05) is 18.1 Å². The number of anilines is 1. The molecular formula is C15H20N4O2. The number of carbonyl (C=O) groups is 1. The zero-order chi connectivity index (χ0) is 14.8. The van der Waals surface area contributed by atoms with Crippen LogP contribution in [0.4, 0.5) is 5.82 Å². The highest BCUT2D eigenvalue weighted by Gasteiger charge is 2.32. The second-order valence-corrected chi connectivity index (χ2v) is 5.31. The van der Waals surface area contributed by atoms with Crippen LogP contribution in [0.15, 0.2) is 18.6 Å². The van der Waals surface area contributed by atoms with E-state index in [2.05, 4.69) is 14.9 Å². The lowest BCUT2D eigenvalue weighted by Gasteiger charge is -2.34. The van der Waals surface area contributed by atoms with E-state index in [4.69, 9.17) is 4.74 Å². The molecule has 0 aromatic carbocycles. The Morgan fingerprint density at radius 3 is 3.10 bits per heavy atom. The maximum absolute atomic E-state index is 12.2. The highest BCUT2D eigenvalue weighted by Crippen LogP contribution is 2.29. The highest BCUT2D eigenvalue weighted by atomic mass is 16.5. The largest absolute Gasteiger partial charge is 0.464 e. The van der Waals surface area contributed by atoms with Crippen LogP contribution >= 0.6 is 0 Å². The van der Waals surface area contributed by atoms with Crippen LogP contribution in [0, 0.1) is 0 Å². The van der Waals surface area contributed by atoms with Gasteiger partial charge in [-0.15, -0.1) is 0 Å². The number of piperidine rings is 1. The van der Waals surface area contributed by atoms with Gasteiger partial charge in [0, 0.05) is 19.8 Å². The van der Waals surface area contributed by atoms with Crippen LogP contribution in [-0.2, 0) is 16.6 Å². The summed E-state index contributed by atoms with van der Waals surface area (Å²) >= 11 is 0. The zero-order valence-electron chi connectivity index (χ0n) is 12.5. The van der Waals surface area contributed by atoms with E-state index in [9.17, 15) is 4.79 Å². The Hall–Kier alpha value is -2.11. The van der Waals surface area contributed by atoms with Crippen LogP contribution in [0.5, 0.6) is 0 Å². The van der Waals surface area contributed by atoms with Crippen molar-refractivity contribution >= 4 is 22.8 Å². The van der Waals surface area contributed by atoms with Crippen molar-refractivity contribution in [2.24, 2.45) is 7.05 Å². The molecule has 6 nitrogen and oxygen atoms in total. The maximum Gasteiger partial charge on any atom is 0.328 e. The van der Waals surface area contributed by atoms with E-state index >= 15 is 0 Å². The van der Waals surface area contributed by atoms with Crippen LogP contribution in [0.1, 0.15) is 26.2 Å². The summed E-state index contributed by atoms with van der Waals surface area (Å²) in [6.07, 6.45) is 6.46. The standard InChI is InChI=1S/C15H20N4O2/c1-3-21-15(20)12-6-4-5-9-19(12)14-13-11(7-8-16-14)18(2)10-17-13/h7-8,10,12H,3-6,9H2,1-2H3. The van der Waals surface area contributed by atoms with Gasteiger partial charge in [0.15, 0.2) is 5.82 Å². The van der Waals surface area contributed by atoms with Crippen LogP contribution in [-0.4, -0.2) is 39.7 Å². The molecule has 3 heterocycles. The highest BCUT2D eigenvalue weighted by molar-refractivity contribution is 5.89. The minimum atomic E-state index is -0.251. The van der Waals surface area contributed by atoms with Gasteiger partial charge in [-0.05, 0) is 32.3 Å². The number of fused-ring (bicyclic) bond motifs is 1. The topological polar surface area (TPSA) is 60.2 Å². The van der Waals surface area contributed by atoms with Gasteiger partial charge in [0.1, 0.15) is 11.6 Å². The number of esters is 1. The number of pyridine rings is 1. The first kappa shape index (κ1) is 13.9. The molecule has 2 aromatic rings. The van der Waals surface area contributed by atoms with Gasteiger partial charge in [0.25, 0.3) is 0 Å². The van der Waals surface area contributed by atoms with Crippen molar-refractivity contribution < 1.29 is 9.53 Å². The molecule has 1 saturated heterocycles. The lowest BCUT2D eigenvalue weighted by atomic mass is 10.0. The number of aryl methyl sites for hydroxylation is 1. The predicted octanol–water partition coefficient (Wildman–Crippen LogP) is 1.89. The van der Waals surface area contributed by atoms with E-state index in [1.54, 1.807) is 12.5 Å². The second kappa shape index (κ2) is 5.71. The first-order chi connectivity index (χ1) is 10.2. The average Bonchev–Trinajstić information content (AvgIpc) is 2.89. The zero-order valence-corrected chi connectivity index (χ0v) is 12.5. The van der Waals surface area contributed by atoms with Gasteiger partial charge >= 0.3 is 5.97 Å². The van der Waals surface area contributed by atoms with Gasteiger partial charge in [0.2, 0.25) is 0 Å². The van der Waals surface area contributed by atoms with Crippen LogP contribution in [0.2, 0.25) is 0 Å². The van der Waals surface area contributed by atoms with Crippen LogP contribution in [0.25, 0.3) is 11.0 Å². The molecule has 0 amide bonds. The first-order valence-corrected chi connectivity index (χ1v) is 7.41. The van der Waals surface area contributed by atoms with Gasteiger partial charge in [0.05, 0.1) is 18.5 Å². The average molecular weight is 288 g/mol. The molecule has 0 N–H and O–H groups in total. The number of imidazole rings is 1. The summed E-state index contributed by atoms with van der Waals surface area (Å²) in [4.78, 5) is 23.2. The molecule has 0 bridgehead atoms. The Bertz CT molecular complexity index is 652. The summed E-state index contributed by atoms with van der Waals surface area (Å²) in [5.41, 5.74) is 1.87. The lowest BCUT2D eigenvalue weighted by Crippen LogP contribution is -2.46. The van der Waals surface area contributed by atoms with Crippen LogP contribution in [0.3, 0.4) is 0 Å². The molecule has 1 atom stereocenters. The van der Waals surface area contributed by atoms with E-state index in [1.165, 1.54) is 0 Å². The molecular weight excluding hydrogens is 268 g/mol. The Morgan fingerprint density at radius 1 is 1.43 bits per heavy atom. The van der Waals surface area contributed by atoms with Crippen molar-refractivity contribution in [2.45, 2.75) is 32.2 Å². The molecule has 1 aliphatic heterocycles. The molecule has 0 radical (unpaired) electrons. The Morgan fingerprint density at radius 2 is 2.29 bits per heavy atom. The SMILES string of the molecule is CCOC(=O)C1CCCCN1c1nccc2c1ncn2C. The number of rotatable bonds is 3. The molecule has 1 aliphatic rings. The van der Waals surface area contributed by atoms with Gasteiger partial charge in [-0.2, -0.15) is 0 Å². The minimum absolute atomic E-state index is 0.160. The van der Waals surface area contributed by atoms with Crippen molar-refractivity contribution in [3.63, 3.8) is 0 Å². The Kier molecular flexibility index (Phi) is 3.77. The molecule has 0 spiro atoms. The van der Waals surface area contributed by atoms with Crippen molar-refractivity contribution in [1.82, 2.24) is 14.5 Å². The normalized spacial score (nSPS) is 19.0. The molecule has 21 heavy (non-hydrogen) atoms. The quantitative estimate of drug-likeness (QED) is 0.807. The maximum atomic E-state index is 12.2. The van der Waals surface area contributed by atoms with Crippen molar-refractivity contribution in [1.29, 1.82) is 0 Å². The number of ether oxygens (including phenoxy) is 1. The molecule has 1 unspecified atom stereocenters. The van der Waals surface area contributed by atoms with Crippen molar-refractivity contribution in [3.05, 3.63) is 18.6 Å². The van der Waals surface area contributed by atoms with Gasteiger partial charge in [-0.3, -0.25) is 0 Å². The van der Waals surface area contributed by atoms with E-state index in [-0.39, 0.29) is 12.0 Å². The first-order valence-electron chi connectivity index (χ1n) is 7.41. The number of aromatic nitrogens is 3. The third-order valence-corrected chi connectivity index (χ3v) is 3.96. The number of hydrogen-bond donors (Lipinski definition) is 0. The van der Waals surface area contributed by atoms with Crippen LogP contribution < -0.4 is 4.90 Å². The van der Waals surface area contributed by atoms with E-state index < -0.39 is 0 Å². The van der Waals surface area contributed by atoms with Gasteiger partial charge in [-0.25, -0.2) is 14.8 Å². The fourth-order valence-electron chi connectivity index (χ4n) is 2.93. The lowest BCUT2D eigenvalue weighted by molar-refractivity contribution is -0.145. The molecule has 2 aromatic heterocycles. The summed E-state index contributed by atoms with van der Waals surface area (Å²) in [6, 6.07) is 1.69. The Balaban J connectivity index is 2.00. The summed E-state index contributed by atoms with van der Waals surface area (Å²) < 4.78 is 7.18. The van der Waals surface area contributed by atoms with Gasteiger partial charge in [-0.1, -0.05) is 0 Å². The van der Waals surface area contributed by atoms with Gasteiger partial charge < -0.3 is 14.2 Å². The minimum Gasteiger partial charge on any atom is -0.464 e. The molecule has 1 fully saturated rings. The predicted molar refractivity (Wildman–Crippen MR) is 80.1 cm³/mol. The fraction of sp³-hybridized carbons (Fsp3) is 0.533. The molecule has 3 rings (SSSR count). The molecule has 0 aliphatic carbocycles. The number of carbonyl (C=O) groups excluding carboxylic acids is 1. The van der Waals surface area contributed by atoms with E-state index in [0.717, 1.165) is 42.7 Å².